The molecule has 0 bridgehead atoms. The van der Waals surface area contributed by atoms with Crippen LogP contribution in [0.15, 0.2) is 42.5 Å². The third-order valence-corrected chi connectivity index (χ3v) is 4.85. The van der Waals surface area contributed by atoms with Crippen molar-refractivity contribution in [2.75, 3.05) is 29.4 Å². The third kappa shape index (κ3) is 2.93. The van der Waals surface area contributed by atoms with Crippen molar-refractivity contribution in [1.29, 1.82) is 0 Å². The van der Waals surface area contributed by atoms with Crippen molar-refractivity contribution in [3.05, 3.63) is 59.4 Å². The summed E-state index contributed by atoms with van der Waals surface area (Å²) in [5, 5.41) is 0. The van der Waals surface area contributed by atoms with Gasteiger partial charge in [0.2, 0.25) is 0 Å². The number of cyclic esters (lactones) is 1. The zero-order valence-corrected chi connectivity index (χ0v) is 13.8. The highest BCUT2D eigenvalue weighted by molar-refractivity contribution is 5.90. The number of amides is 1. The van der Waals surface area contributed by atoms with Gasteiger partial charge in [-0.25, -0.2) is 9.18 Å². The van der Waals surface area contributed by atoms with E-state index in [9.17, 15) is 9.18 Å². The smallest absolute Gasteiger partial charge is 0.414 e. The molecule has 0 unspecified atom stereocenters. The minimum absolute atomic E-state index is 0.260. The van der Waals surface area contributed by atoms with E-state index < -0.39 is 6.09 Å². The van der Waals surface area contributed by atoms with Gasteiger partial charge in [0, 0.05) is 19.6 Å². The first-order chi connectivity index (χ1) is 12.2. The number of hydrogen-bond donors (Lipinski definition) is 1. The van der Waals surface area contributed by atoms with E-state index in [0.717, 1.165) is 13.0 Å². The van der Waals surface area contributed by atoms with Gasteiger partial charge >= 0.3 is 6.09 Å². The van der Waals surface area contributed by atoms with Crippen molar-refractivity contribution in [2.45, 2.75) is 19.1 Å². The van der Waals surface area contributed by atoms with E-state index in [1.165, 1.54) is 22.1 Å². The molecule has 0 aliphatic carbocycles. The Bertz CT molecular complexity index is 811. The normalized spacial score (nSPS) is 19.8. The van der Waals surface area contributed by atoms with Crippen LogP contribution in [-0.4, -0.2) is 31.8 Å². The van der Waals surface area contributed by atoms with E-state index in [-0.39, 0.29) is 18.5 Å². The molecule has 25 heavy (non-hydrogen) atoms. The van der Waals surface area contributed by atoms with Crippen LogP contribution >= 0.6 is 0 Å². The Labute approximate surface area is 145 Å². The van der Waals surface area contributed by atoms with Gasteiger partial charge in [0.25, 0.3) is 0 Å². The summed E-state index contributed by atoms with van der Waals surface area (Å²) in [7, 11) is 0. The zero-order valence-electron chi connectivity index (χ0n) is 13.8. The number of fused-ring (bicyclic) bond motifs is 1. The summed E-state index contributed by atoms with van der Waals surface area (Å²) >= 11 is 0. The van der Waals surface area contributed by atoms with Gasteiger partial charge in [0.1, 0.15) is 11.9 Å². The Morgan fingerprint density at radius 1 is 1.20 bits per heavy atom. The maximum atomic E-state index is 14.7. The standard InChI is InChI=1S/C19H20FN3O2/c20-17-9-15(23-12-16(10-21)25-19(23)24)5-6-18(17)22-8-7-13-3-1-2-4-14(13)11-22/h1-6,9,16H,7-8,10-12,21H2/t16-/m0/s1. The van der Waals surface area contributed by atoms with Gasteiger partial charge < -0.3 is 15.4 Å². The summed E-state index contributed by atoms with van der Waals surface area (Å²) in [5.74, 6) is -0.333. The zero-order chi connectivity index (χ0) is 17.4. The van der Waals surface area contributed by atoms with Crippen LogP contribution in [0.5, 0.6) is 0 Å². The number of ether oxygens (including phenoxy) is 1. The van der Waals surface area contributed by atoms with E-state index in [4.69, 9.17) is 10.5 Å². The number of nitrogens with zero attached hydrogens (tertiary/aromatic N) is 2. The first-order valence-corrected chi connectivity index (χ1v) is 8.45. The molecule has 4 rings (SSSR count). The number of benzene rings is 2. The van der Waals surface area contributed by atoms with E-state index in [1.54, 1.807) is 12.1 Å². The third-order valence-electron chi connectivity index (χ3n) is 4.85. The van der Waals surface area contributed by atoms with Crippen molar-refractivity contribution in [1.82, 2.24) is 0 Å². The van der Waals surface area contributed by atoms with Gasteiger partial charge in [0.05, 0.1) is 17.9 Å². The Balaban J connectivity index is 1.56. The molecule has 2 aliphatic heterocycles. The van der Waals surface area contributed by atoms with Crippen molar-refractivity contribution in [3.8, 4) is 0 Å². The van der Waals surface area contributed by atoms with E-state index in [2.05, 4.69) is 12.1 Å². The van der Waals surface area contributed by atoms with Crippen molar-refractivity contribution < 1.29 is 13.9 Å². The molecule has 2 N–H and O–H groups in total. The fraction of sp³-hybridized carbons (Fsp3) is 0.316. The molecular weight excluding hydrogens is 321 g/mol. The summed E-state index contributed by atoms with van der Waals surface area (Å²) in [4.78, 5) is 15.4. The van der Waals surface area contributed by atoms with Crippen LogP contribution in [0.3, 0.4) is 0 Å². The lowest BCUT2D eigenvalue weighted by atomic mass is 9.99. The fourth-order valence-corrected chi connectivity index (χ4v) is 3.48. The van der Waals surface area contributed by atoms with Crippen LogP contribution in [0.2, 0.25) is 0 Å². The van der Waals surface area contributed by atoms with Gasteiger partial charge in [-0.2, -0.15) is 0 Å². The molecule has 2 aliphatic rings. The van der Waals surface area contributed by atoms with Crippen LogP contribution in [0, 0.1) is 5.82 Å². The molecular formula is C19H20FN3O2. The molecule has 0 spiro atoms. The average molecular weight is 341 g/mol. The second-order valence-electron chi connectivity index (χ2n) is 6.43. The highest BCUT2D eigenvalue weighted by Gasteiger charge is 2.32. The minimum atomic E-state index is -0.477. The first kappa shape index (κ1) is 15.9. The lowest BCUT2D eigenvalue weighted by molar-refractivity contribution is 0.145. The number of carbonyl (C=O) groups is 1. The monoisotopic (exact) mass is 341 g/mol. The predicted molar refractivity (Wildman–Crippen MR) is 94.3 cm³/mol. The maximum Gasteiger partial charge on any atom is 0.414 e. The van der Waals surface area contributed by atoms with Crippen molar-refractivity contribution in [3.63, 3.8) is 0 Å². The van der Waals surface area contributed by atoms with E-state index >= 15 is 0 Å². The highest BCUT2D eigenvalue weighted by atomic mass is 19.1. The quantitative estimate of drug-likeness (QED) is 0.932. The molecule has 5 nitrogen and oxygen atoms in total. The van der Waals surface area contributed by atoms with Crippen LogP contribution < -0.4 is 15.5 Å². The summed E-state index contributed by atoms with van der Waals surface area (Å²) in [5.41, 5.74) is 9.15. The van der Waals surface area contributed by atoms with Gasteiger partial charge in [-0.3, -0.25) is 4.90 Å². The second kappa shape index (κ2) is 6.37. The molecule has 0 radical (unpaired) electrons. The molecule has 1 fully saturated rings. The molecule has 6 heteroatoms. The van der Waals surface area contributed by atoms with Crippen molar-refractivity contribution in [2.24, 2.45) is 5.73 Å². The maximum absolute atomic E-state index is 14.7. The lowest BCUT2D eigenvalue weighted by Gasteiger charge is -2.31. The van der Waals surface area contributed by atoms with E-state index in [1.807, 2.05) is 17.0 Å². The largest absolute Gasteiger partial charge is 0.443 e. The molecule has 1 atom stereocenters. The lowest BCUT2D eigenvalue weighted by Crippen LogP contribution is -2.31. The Morgan fingerprint density at radius 2 is 2.00 bits per heavy atom. The summed E-state index contributed by atoms with van der Waals surface area (Å²) in [6, 6.07) is 13.2. The highest BCUT2D eigenvalue weighted by Crippen LogP contribution is 2.30. The van der Waals surface area contributed by atoms with Gasteiger partial charge in [-0.1, -0.05) is 24.3 Å². The molecule has 2 aromatic rings. The number of halogens is 1. The summed E-state index contributed by atoms with van der Waals surface area (Å²) in [6.45, 7) is 2.07. The average Bonchev–Trinajstić information content (AvgIpc) is 3.02. The van der Waals surface area contributed by atoms with Crippen molar-refractivity contribution >= 4 is 17.5 Å². The number of nitrogens with two attached hydrogens (primary N) is 1. The predicted octanol–water partition coefficient (Wildman–Crippen LogP) is 2.67. The summed E-state index contributed by atoms with van der Waals surface area (Å²) < 4.78 is 19.9. The van der Waals surface area contributed by atoms with Crippen LogP contribution in [0.4, 0.5) is 20.6 Å². The van der Waals surface area contributed by atoms with Crippen LogP contribution in [0.25, 0.3) is 0 Å². The number of rotatable bonds is 3. The SMILES string of the molecule is NC[C@H]1CN(c2ccc(N3CCc4ccccc4C3)c(F)c2)C(=O)O1. The number of hydrogen-bond acceptors (Lipinski definition) is 4. The van der Waals surface area contributed by atoms with Gasteiger partial charge in [-0.15, -0.1) is 0 Å². The fourth-order valence-electron chi connectivity index (χ4n) is 3.48. The van der Waals surface area contributed by atoms with Crippen LogP contribution in [-0.2, 0) is 17.7 Å². The Morgan fingerprint density at radius 3 is 2.72 bits per heavy atom. The molecule has 2 heterocycles. The number of anilines is 2. The van der Waals surface area contributed by atoms with Gasteiger partial charge in [0.15, 0.2) is 0 Å². The second-order valence-corrected chi connectivity index (χ2v) is 6.43. The molecule has 1 amide bonds. The molecule has 0 aromatic heterocycles. The number of carbonyl (C=O) groups excluding carboxylic acids is 1. The Kier molecular flexibility index (Phi) is 4.05. The van der Waals surface area contributed by atoms with E-state index in [0.29, 0.717) is 24.5 Å². The van der Waals surface area contributed by atoms with Gasteiger partial charge in [-0.05, 0) is 35.7 Å². The molecule has 130 valence electrons. The first-order valence-electron chi connectivity index (χ1n) is 8.45. The molecule has 1 saturated heterocycles. The Hall–Kier alpha value is -2.60. The van der Waals surface area contributed by atoms with Crippen LogP contribution in [0.1, 0.15) is 11.1 Å². The topological polar surface area (TPSA) is 58.8 Å². The summed E-state index contributed by atoms with van der Waals surface area (Å²) in [6.07, 6.45) is 0.0805. The molecule has 0 saturated carbocycles. The molecule has 2 aromatic carbocycles. The minimum Gasteiger partial charge on any atom is -0.443 e.